The fourth-order valence-electron chi connectivity index (χ4n) is 1.26. The van der Waals surface area contributed by atoms with E-state index in [4.69, 9.17) is 0 Å². The number of rotatable bonds is 4. The zero-order valence-corrected chi connectivity index (χ0v) is 10.8. The average molecular weight is 290 g/mol. The van der Waals surface area contributed by atoms with Gasteiger partial charge in [0, 0.05) is 0 Å². The second kappa shape index (κ2) is 6.78. The number of carbonyl (C=O) groups is 1. The minimum atomic E-state index is -4.73. The smallest absolute Gasteiger partial charge is 0.449 e. The summed E-state index contributed by atoms with van der Waals surface area (Å²) >= 11 is 0. The molecule has 0 aliphatic rings. The van der Waals surface area contributed by atoms with Crippen LogP contribution >= 0.6 is 0 Å². The van der Waals surface area contributed by atoms with Gasteiger partial charge in [0.1, 0.15) is 5.75 Å². The van der Waals surface area contributed by atoms with Crippen LogP contribution in [-0.2, 0) is 4.74 Å². The Morgan fingerprint density at radius 1 is 1.30 bits per heavy atom. The number of amides is 1. The van der Waals surface area contributed by atoms with Crippen molar-refractivity contribution in [2.75, 3.05) is 6.61 Å². The van der Waals surface area contributed by atoms with E-state index in [1.807, 2.05) is 0 Å². The molecule has 8 heteroatoms. The number of ether oxygens (including phenoxy) is 2. The summed E-state index contributed by atoms with van der Waals surface area (Å²) in [7, 11) is 0. The topological polar surface area (TPSA) is 59.9 Å². The fraction of sp³-hybridized carbons (Fsp3) is 0.333. The third kappa shape index (κ3) is 5.59. The van der Waals surface area contributed by atoms with Gasteiger partial charge in [-0.25, -0.2) is 10.2 Å². The zero-order chi connectivity index (χ0) is 15.2. The maximum atomic E-state index is 12.0. The molecule has 0 aromatic heterocycles. The maximum absolute atomic E-state index is 12.0. The van der Waals surface area contributed by atoms with E-state index in [1.54, 1.807) is 13.8 Å². The van der Waals surface area contributed by atoms with Gasteiger partial charge in [-0.2, -0.15) is 5.10 Å². The van der Waals surface area contributed by atoms with Crippen LogP contribution in [-0.4, -0.2) is 24.8 Å². The Morgan fingerprint density at radius 2 is 1.90 bits per heavy atom. The molecule has 0 unspecified atom stereocenters. The Labute approximate surface area is 113 Å². The number of halogens is 3. The first-order valence-electron chi connectivity index (χ1n) is 5.65. The maximum Gasteiger partial charge on any atom is 0.573 e. The molecule has 20 heavy (non-hydrogen) atoms. The Bertz CT molecular complexity index is 484. The van der Waals surface area contributed by atoms with E-state index in [0.717, 1.165) is 12.1 Å². The molecule has 0 atom stereocenters. The molecule has 5 nitrogen and oxygen atoms in total. The lowest BCUT2D eigenvalue weighted by atomic mass is 10.1. The lowest BCUT2D eigenvalue weighted by molar-refractivity contribution is -0.274. The van der Waals surface area contributed by atoms with Gasteiger partial charge in [-0.05, 0) is 43.7 Å². The van der Waals surface area contributed by atoms with E-state index < -0.39 is 12.5 Å². The van der Waals surface area contributed by atoms with Crippen molar-refractivity contribution in [2.45, 2.75) is 20.2 Å². The van der Waals surface area contributed by atoms with E-state index in [0.29, 0.717) is 11.3 Å². The monoisotopic (exact) mass is 290 g/mol. The number of carbonyl (C=O) groups excluding carboxylic acids is 1. The van der Waals surface area contributed by atoms with Gasteiger partial charge in [-0.15, -0.1) is 13.2 Å². The molecule has 1 amide bonds. The zero-order valence-electron chi connectivity index (χ0n) is 10.8. The van der Waals surface area contributed by atoms with Gasteiger partial charge in [0.25, 0.3) is 0 Å². The van der Waals surface area contributed by atoms with Crippen LogP contribution in [0.3, 0.4) is 0 Å². The summed E-state index contributed by atoms with van der Waals surface area (Å²) in [5, 5.41) is 3.75. The minimum absolute atomic E-state index is 0.212. The van der Waals surface area contributed by atoms with E-state index >= 15 is 0 Å². The molecule has 0 radical (unpaired) electrons. The SMILES string of the molecule is CCOC(=O)N/N=C(\C)c1ccc(OC(F)(F)F)cc1. The largest absolute Gasteiger partial charge is 0.573 e. The summed E-state index contributed by atoms with van der Waals surface area (Å²) < 4.78 is 44.3. The molecular formula is C12H13F3N2O3. The lowest BCUT2D eigenvalue weighted by Gasteiger charge is -2.09. The van der Waals surface area contributed by atoms with Gasteiger partial charge in [-0.3, -0.25) is 0 Å². The molecule has 110 valence electrons. The summed E-state index contributed by atoms with van der Waals surface area (Å²) in [6, 6.07) is 5.11. The number of benzene rings is 1. The fourth-order valence-corrected chi connectivity index (χ4v) is 1.26. The molecule has 0 aliphatic carbocycles. The van der Waals surface area contributed by atoms with Crippen molar-refractivity contribution in [3.8, 4) is 5.75 Å². The third-order valence-electron chi connectivity index (χ3n) is 2.10. The Hall–Kier alpha value is -2.25. The predicted octanol–water partition coefficient (Wildman–Crippen LogP) is 3.06. The quantitative estimate of drug-likeness (QED) is 0.685. The number of hydrogen-bond acceptors (Lipinski definition) is 4. The van der Waals surface area contributed by atoms with Crippen LogP contribution in [0, 0.1) is 0 Å². The minimum Gasteiger partial charge on any atom is -0.449 e. The molecular weight excluding hydrogens is 277 g/mol. The second-order valence-corrected chi connectivity index (χ2v) is 3.60. The Kier molecular flexibility index (Phi) is 5.36. The van der Waals surface area contributed by atoms with E-state index in [2.05, 4.69) is 20.0 Å². The molecule has 0 fully saturated rings. The highest BCUT2D eigenvalue weighted by Crippen LogP contribution is 2.22. The molecule has 0 aliphatic heterocycles. The van der Waals surface area contributed by atoms with Crippen LogP contribution < -0.4 is 10.2 Å². The van der Waals surface area contributed by atoms with Crippen LogP contribution in [0.2, 0.25) is 0 Å². The van der Waals surface area contributed by atoms with Gasteiger partial charge in [0.2, 0.25) is 0 Å². The van der Waals surface area contributed by atoms with Crippen LogP contribution in [0.5, 0.6) is 5.75 Å². The Morgan fingerprint density at radius 3 is 2.40 bits per heavy atom. The van der Waals surface area contributed by atoms with Gasteiger partial charge in [0.05, 0.1) is 12.3 Å². The number of nitrogens with zero attached hydrogens (tertiary/aromatic N) is 1. The first kappa shape index (κ1) is 15.8. The van der Waals surface area contributed by atoms with E-state index in [1.165, 1.54) is 12.1 Å². The van der Waals surface area contributed by atoms with Crippen molar-refractivity contribution in [3.63, 3.8) is 0 Å². The van der Waals surface area contributed by atoms with Crippen molar-refractivity contribution < 1.29 is 27.4 Å². The van der Waals surface area contributed by atoms with Gasteiger partial charge < -0.3 is 9.47 Å². The lowest BCUT2D eigenvalue weighted by Crippen LogP contribution is -2.20. The molecule has 0 saturated heterocycles. The normalized spacial score (nSPS) is 11.9. The molecule has 1 aromatic rings. The van der Waals surface area contributed by atoms with Crippen molar-refractivity contribution in [1.29, 1.82) is 0 Å². The number of hydrogen-bond donors (Lipinski definition) is 1. The van der Waals surface area contributed by atoms with Gasteiger partial charge in [-0.1, -0.05) is 0 Å². The molecule has 1 aromatic carbocycles. The van der Waals surface area contributed by atoms with Crippen molar-refractivity contribution in [2.24, 2.45) is 5.10 Å². The van der Waals surface area contributed by atoms with Crippen LogP contribution in [0.25, 0.3) is 0 Å². The van der Waals surface area contributed by atoms with E-state index in [-0.39, 0.29) is 12.4 Å². The standard InChI is InChI=1S/C12H13F3N2O3/c1-3-19-11(18)17-16-8(2)9-4-6-10(7-5-9)20-12(13,14)15/h4-7H,3H2,1-2H3,(H,17,18)/b16-8+. The summed E-state index contributed by atoms with van der Waals surface area (Å²) in [5.41, 5.74) is 3.10. The summed E-state index contributed by atoms with van der Waals surface area (Å²) in [6.45, 7) is 3.45. The highest BCUT2D eigenvalue weighted by atomic mass is 19.4. The first-order chi connectivity index (χ1) is 9.31. The Balaban J connectivity index is 2.68. The van der Waals surface area contributed by atoms with Crippen LogP contribution in [0.4, 0.5) is 18.0 Å². The number of nitrogens with one attached hydrogen (secondary N) is 1. The third-order valence-corrected chi connectivity index (χ3v) is 2.10. The van der Waals surface area contributed by atoms with Crippen LogP contribution in [0.1, 0.15) is 19.4 Å². The molecule has 0 saturated carbocycles. The predicted molar refractivity (Wildman–Crippen MR) is 65.5 cm³/mol. The molecule has 0 heterocycles. The highest BCUT2D eigenvalue weighted by Gasteiger charge is 2.30. The molecule has 1 N–H and O–H groups in total. The van der Waals surface area contributed by atoms with Gasteiger partial charge >= 0.3 is 12.5 Å². The van der Waals surface area contributed by atoms with Crippen molar-refractivity contribution in [3.05, 3.63) is 29.8 Å². The summed E-state index contributed by atoms with van der Waals surface area (Å²) in [5.74, 6) is -0.326. The molecule has 0 spiro atoms. The molecule has 1 rings (SSSR count). The van der Waals surface area contributed by atoms with Crippen molar-refractivity contribution >= 4 is 11.8 Å². The average Bonchev–Trinajstić information content (AvgIpc) is 2.35. The first-order valence-corrected chi connectivity index (χ1v) is 5.65. The highest BCUT2D eigenvalue weighted by molar-refractivity contribution is 5.99. The van der Waals surface area contributed by atoms with Crippen molar-refractivity contribution in [1.82, 2.24) is 5.43 Å². The second-order valence-electron chi connectivity index (χ2n) is 3.60. The van der Waals surface area contributed by atoms with Crippen LogP contribution in [0.15, 0.2) is 29.4 Å². The number of alkyl halides is 3. The summed E-state index contributed by atoms with van der Waals surface area (Å²) in [6.07, 6.45) is -5.43. The number of hydrazone groups is 1. The molecule has 0 bridgehead atoms. The summed E-state index contributed by atoms with van der Waals surface area (Å²) in [4.78, 5) is 11.0. The van der Waals surface area contributed by atoms with Gasteiger partial charge in [0.15, 0.2) is 0 Å². The van der Waals surface area contributed by atoms with E-state index in [9.17, 15) is 18.0 Å².